The maximum absolute atomic E-state index is 13.0. The standard InChI is InChI=1S/C11H12FNO/c1-8-7-9(4-5-10(8)12)13-6-2-3-11(13)14/h4-5,7H,2-3,6H2,1H3. The van der Waals surface area contributed by atoms with Gasteiger partial charge in [-0.2, -0.15) is 0 Å². The van der Waals surface area contributed by atoms with Gasteiger partial charge in [0.05, 0.1) is 0 Å². The van der Waals surface area contributed by atoms with Gasteiger partial charge in [0.25, 0.3) is 0 Å². The summed E-state index contributed by atoms with van der Waals surface area (Å²) < 4.78 is 13.0. The molecule has 1 heterocycles. The summed E-state index contributed by atoms with van der Waals surface area (Å²) in [6.45, 7) is 2.46. The molecule has 0 unspecified atom stereocenters. The summed E-state index contributed by atoms with van der Waals surface area (Å²) in [5.74, 6) is -0.0867. The lowest BCUT2D eigenvalue weighted by Crippen LogP contribution is -2.23. The topological polar surface area (TPSA) is 20.3 Å². The van der Waals surface area contributed by atoms with E-state index in [-0.39, 0.29) is 11.7 Å². The third-order valence-corrected chi connectivity index (χ3v) is 2.53. The van der Waals surface area contributed by atoms with Crippen LogP contribution in [0.4, 0.5) is 10.1 Å². The first kappa shape index (κ1) is 9.19. The average Bonchev–Trinajstić information content (AvgIpc) is 2.57. The van der Waals surface area contributed by atoms with Crippen LogP contribution in [0.1, 0.15) is 18.4 Å². The molecule has 1 aromatic carbocycles. The van der Waals surface area contributed by atoms with Crippen molar-refractivity contribution in [3.63, 3.8) is 0 Å². The second-order valence-electron chi connectivity index (χ2n) is 3.58. The molecule has 0 aromatic heterocycles. The van der Waals surface area contributed by atoms with Gasteiger partial charge in [-0.05, 0) is 37.1 Å². The van der Waals surface area contributed by atoms with Crippen molar-refractivity contribution in [3.8, 4) is 0 Å². The summed E-state index contributed by atoms with van der Waals surface area (Å²) in [7, 11) is 0. The predicted octanol–water partition coefficient (Wildman–Crippen LogP) is 2.26. The van der Waals surface area contributed by atoms with Gasteiger partial charge in [-0.25, -0.2) is 4.39 Å². The van der Waals surface area contributed by atoms with Crippen molar-refractivity contribution >= 4 is 11.6 Å². The Labute approximate surface area is 82.3 Å². The highest BCUT2D eigenvalue weighted by Crippen LogP contribution is 2.23. The molecule has 1 saturated heterocycles. The number of nitrogens with zero attached hydrogens (tertiary/aromatic N) is 1. The first-order valence-electron chi connectivity index (χ1n) is 4.75. The van der Waals surface area contributed by atoms with Crippen LogP contribution in [0.25, 0.3) is 0 Å². The van der Waals surface area contributed by atoms with E-state index in [9.17, 15) is 9.18 Å². The Morgan fingerprint density at radius 3 is 2.79 bits per heavy atom. The van der Waals surface area contributed by atoms with Crippen LogP contribution in [0.15, 0.2) is 18.2 Å². The minimum absolute atomic E-state index is 0.135. The first-order chi connectivity index (χ1) is 6.68. The Morgan fingerprint density at radius 1 is 1.43 bits per heavy atom. The van der Waals surface area contributed by atoms with Gasteiger partial charge in [-0.1, -0.05) is 0 Å². The molecular formula is C11H12FNO. The molecule has 0 aliphatic carbocycles. The molecule has 1 aliphatic rings. The molecule has 0 radical (unpaired) electrons. The van der Waals surface area contributed by atoms with E-state index in [4.69, 9.17) is 0 Å². The molecule has 3 heteroatoms. The maximum atomic E-state index is 13.0. The number of rotatable bonds is 1. The van der Waals surface area contributed by atoms with Crippen LogP contribution in [-0.2, 0) is 4.79 Å². The van der Waals surface area contributed by atoms with E-state index in [0.29, 0.717) is 12.0 Å². The van der Waals surface area contributed by atoms with Gasteiger partial charge in [0.1, 0.15) is 5.82 Å². The fourth-order valence-corrected chi connectivity index (χ4v) is 1.72. The highest BCUT2D eigenvalue weighted by Gasteiger charge is 2.21. The maximum Gasteiger partial charge on any atom is 0.227 e. The van der Waals surface area contributed by atoms with Crippen molar-refractivity contribution in [1.82, 2.24) is 0 Å². The van der Waals surface area contributed by atoms with E-state index in [1.807, 2.05) is 0 Å². The smallest absolute Gasteiger partial charge is 0.227 e. The molecule has 0 saturated carbocycles. The fraction of sp³-hybridized carbons (Fsp3) is 0.364. The number of hydrogen-bond donors (Lipinski definition) is 0. The van der Waals surface area contributed by atoms with E-state index in [1.165, 1.54) is 6.07 Å². The highest BCUT2D eigenvalue weighted by atomic mass is 19.1. The zero-order valence-corrected chi connectivity index (χ0v) is 8.09. The summed E-state index contributed by atoms with van der Waals surface area (Å²) in [6.07, 6.45) is 1.51. The summed E-state index contributed by atoms with van der Waals surface area (Å²) in [6, 6.07) is 4.79. The normalized spacial score (nSPS) is 16.4. The zero-order valence-electron chi connectivity index (χ0n) is 8.09. The van der Waals surface area contributed by atoms with Gasteiger partial charge in [-0.3, -0.25) is 4.79 Å². The average molecular weight is 193 g/mol. The molecule has 1 aromatic rings. The lowest BCUT2D eigenvalue weighted by Gasteiger charge is -2.16. The van der Waals surface area contributed by atoms with Crippen LogP contribution in [0, 0.1) is 12.7 Å². The Hall–Kier alpha value is -1.38. The molecule has 74 valence electrons. The van der Waals surface area contributed by atoms with Crippen LogP contribution in [0.3, 0.4) is 0 Å². The van der Waals surface area contributed by atoms with Crippen molar-refractivity contribution in [3.05, 3.63) is 29.6 Å². The Morgan fingerprint density at radius 2 is 2.21 bits per heavy atom. The lowest BCUT2D eigenvalue weighted by atomic mass is 10.2. The number of halogens is 1. The fourth-order valence-electron chi connectivity index (χ4n) is 1.72. The molecule has 1 fully saturated rings. The first-order valence-corrected chi connectivity index (χ1v) is 4.75. The Bertz CT molecular complexity index is 376. The molecule has 0 N–H and O–H groups in total. The van der Waals surface area contributed by atoms with Crippen molar-refractivity contribution in [2.75, 3.05) is 11.4 Å². The molecule has 1 amide bonds. The summed E-state index contributed by atoms with van der Waals surface area (Å²) in [5, 5.41) is 0. The number of aryl methyl sites for hydroxylation is 1. The number of anilines is 1. The number of carbonyl (C=O) groups is 1. The molecule has 0 spiro atoms. The molecule has 0 atom stereocenters. The molecule has 2 nitrogen and oxygen atoms in total. The quantitative estimate of drug-likeness (QED) is 0.670. The van der Waals surface area contributed by atoms with Crippen molar-refractivity contribution in [2.45, 2.75) is 19.8 Å². The second-order valence-corrected chi connectivity index (χ2v) is 3.58. The van der Waals surface area contributed by atoms with Crippen LogP contribution in [-0.4, -0.2) is 12.5 Å². The van der Waals surface area contributed by atoms with E-state index in [2.05, 4.69) is 0 Å². The summed E-state index contributed by atoms with van der Waals surface area (Å²) in [4.78, 5) is 13.1. The SMILES string of the molecule is Cc1cc(N2CCCC2=O)ccc1F. The number of hydrogen-bond acceptors (Lipinski definition) is 1. The molecule has 1 aliphatic heterocycles. The van der Waals surface area contributed by atoms with Crippen molar-refractivity contribution in [1.29, 1.82) is 0 Å². The third kappa shape index (κ3) is 1.50. The third-order valence-electron chi connectivity index (χ3n) is 2.53. The second kappa shape index (κ2) is 3.40. The largest absolute Gasteiger partial charge is 0.312 e. The molecule has 14 heavy (non-hydrogen) atoms. The van der Waals surface area contributed by atoms with Gasteiger partial charge in [-0.15, -0.1) is 0 Å². The minimum atomic E-state index is -0.222. The number of carbonyl (C=O) groups excluding carboxylic acids is 1. The molecule has 2 rings (SSSR count). The lowest BCUT2D eigenvalue weighted by molar-refractivity contribution is -0.117. The Kier molecular flexibility index (Phi) is 2.23. The summed E-state index contributed by atoms with van der Waals surface area (Å²) in [5.41, 5.74) is 1.40. The van der Waals surface area contributed by atoms with E-state index in [1.54, 1.807) is 24.0 Å². The number of benzene rings is 1. The van der Waals surface area contributed by atoms with Crippen molar-refractivity contribution < 1.29 is 9.18 Å². The van der Waals surface area contributed by atoms with Gasteiger partial charge in [0, 0.05) is 18.7 Å². The molecule has 0 bridgehead atoms. The highest BCUT2D eigenvalue weighted by molar-refractivity contribution is 5.95. The van der Waals surface area contributed by atoms with Crippen LogP contribution in [0.5, 0.6) is 0 Å². The molecular weight excluding hydrogens is 181 g/mol. The predicted molar refractivity (Wildman–Crippen MR) is 52.7 cm³/mol. The van der Waals surface area contributed by atoms with Crippen molar-refractivity contribution in [2.24, 2.45) is 0 Å². The minimum Gasteiger partial charge on any atom is -0.312 e. The number of amides is 1. The van der Waals surface area contributed by atoms with Crippen LogP contribution < -0.4 is 4.90 Å². The van der Waals surface area contributed by atoms with Crippen LogP contribution in [0.2, 0.25) is 0 Å². The van der Waals surface area contributed by atoms with Gasteiger partial charge in [0.2, 0.25) is 5.91 Å². The van der Waals surface area contributed by atoms with Gasteiger partial charge in [0.15, 0.2) is 0 Å². The van der Waals surface area contributed by atoms with E-state index >= 15 is 0 Å². The van der Waals surface area contributed by atoms with Gasteiger partial charge >= 0.3 is 0 Å². The monoisotopic (exact) mass is 193 g/mol. The van der Waals surface area contributed by atoms with Crippen LogP contribution >= 0.6 is 0 Å². The Balaban J connectivity index is 2.32. The van der Waals surface area contributed by atoms with Gasteiger partial charge < -0.3 is 4.90 Å². The van der Waals surface area contributed by atoms with E-state index in [0.717, 1.165) is 18.7 Å². The zero-order chi connectivity index (χ0) is 10.1. The van der Waals surface area contributed by atoms with E-state index < -0.39 is 0 Å². The summed E-state index contributed by atoms with van der Waals surface area (Å²) >= 11 is 0.